The first-order valence-corrected chi connectivity index (χ1v) is 11.1. The highest BCUT2D eigenvalue weighted by Crippen LogP contribution is 3.06. The summed E-state index contributed by atoms with van der Waals surface area (Å²) in [5.74, 6) is 9.02. The molecule has 1 aromatic carbocycles. The van der Waals surface area contributed by atoms with Crippen molar-refractivity contribution in [1.82, 2.24) is 19.6 Å². The lowest BCUT2D eigenvalue weighted by Gasteiger charge is -3.08. The largest absolute Gasteiger partial charge is 0.477 e. The predicted octanol–water partition coefficient (Wildman–Crippen LogP) is 3.92. The van der Waals surface area contributed by atoms with E-state index in [9.17, 15) is 8.78 Å². The quantitative estimate of drug-likeness (QED) is 0.515. The van der Waals surface area contributed by atoms with Crippen molar-refractivity contribution in [3.63, 3.8) is 0 Å². The van der Waals surface area contributed by atoms with Crippen molar-refractivity contribution >= 4 is 5.65 Å². The summed E-state index contributed by atoms with van der Waals surface area (Å²) in [6.07, 6.45) is 5.67. The van der Waals surface area contributed by atoms with Crippen LogP contribution < -0.4 is 9.47 Å². The minimum Gasteiger partial charge on any atom is -0.477 e. The standard InChI is InChI=1S/C23H20F2N4O2/c24-22(25)31-11-4-2-10(3-5-11)21-28-27-12-8-26-9-13(29(12)21)30-7-1-6-23-18-15-14-16(18)20(23)17(14)19(15)23/h2-5,8-9,14-20,22H,1,6-7H2. The lowest BCUT2D eigenvalue weighted by molar-refractivity contribution is -0.616. The van der Waals surface area contributed by atoms with Gasteiger partial charge in [0.05, 0.1) is 19.0 Å². The van der Waals surface area contributed by atoms with E-state index in [2.05, 4.69) is 19.9 Å². The summed E-state index contributed by atoms with van der Waals surface area (Å²) in [7, 11) is 0. The summed E-state index contributed by atoms with van der Waals surface area (Å²) in [4.78, 5) is 4.23. The Kier molecular flexibility index (Phi) is 2.91. The number of fused-ring (bicyclic) bond motifs is 1. The van der Waals surface area contributed by atoms with Gasteiger partial charge in [-0.2, -0.15) is 8.78 Å². The lowest BCUT2D eigenvalue weighted by Crippen LogP contribution is -3.05. The molecule has 8 heteroatoms. The van der Waals surface area contributed by atoms with Crippen LogP contribution in [-0.2, 0) is 0 Å². The molecular weight excluding hydrogens is 402 g/mol. The SMILES string of the molecule is FC(F)Oc1ccc(-c2nnc3cncc(OCCCC45C6C7C8C6C4C8C75)n23)cc1. The Bertz CT molecular complexity index is 1180. The van der Waals surface area contributed by atoms with E-state index >= 15 is 0 Å². The molecule has 2 heterocycles. The van der Waals surface area contributed by atoms with Crippen LogP contribution in [-0.4, -0.2) is 32.8 Å². The third-order valence-corrected chi connectivity index (χ3v) is 9.31. The molecule has 3 aromatic rings. The highest BCUT2D eigenvalue weighted by Gasteiger charge is 3.03. The van der Waals surface area contributed by atoms with Gasteiger partial charge < -0.3 is 9.47 Å². The van der Waals surface area contributed by atoms with Crippen LogP contribution >= 0.6 is 0 Å². The van der Waals surface area contributed by atoms with Crippen LogP contribution in [0.15, 0.2) is 36.7 Å². The van der Waals surface area contributed by atoms with Gasteiger partial charge in [0.1, 0.15) is 5.75 Å². The van der Waals surface area contributed by atoms with Crippen molar-refractivity contribution < 1.29 is 18.3 Å². The Balaban J connectivity index is 0.992. The molecule has 0 unspecified atom stereocenters. The van der Waals surface area contributed by atoms with Gasteiger partial charge in [0.2, 0.25) is 5.88 Å². The highest BCUT2D eigenvalue weighted by molar-refractivity contribution is 5.61. The van der Waals surface area contributed by atoms with Gasteiger partial charge in [-0.3, -0.25) is 4.98 Å². The van der Waals surface area contributed by atoms with Crippen molar-refractivity contribution in [2.75, 3.05) is 6.61 Å². The molecule has 158 valence electrons. The highest BCUT2D eigenvalue weighted by atomic mass is 19.3. The molecule has 9 rings (SSSR count). The van der Waals surface area contributed by atoms with E-state index in [1.165, 1.54) is 18.6 Å². The zero-order chi connectivity index (χ0) is 20.5. The molecule has 0 N–H and O–H groups in total. The molecule has 6 fully saturated rings. The van der Waals surface area contributed by atoms with Gasteiger partial charge in [0.25, 0.3) is 0 Å². The summed E-state index contributed by atoms with van der Waals surface area (Å²) in [5, 5.41) is 8.45. The van der Waals surface area contributed by atoms with E-state index in [4.69, 9.17) is 4.74 Å². The minimum absolute atomic E-state index is 0.104. The normalized spacial score (nSPS) is 39.1. The molecule has 0 saturated heterocycles. The van der Waals surface area contributed by atoms with Crippen LogP contribution in [0.2, 0.25) is 0 Å². The fourth-order valence-corrected chi connectivity index (χ4v) is 8.62. The smallest absolute Gasteiger partial charge is 0.387 e. The summed E-state index contributed by atoms with van der Waals surface area (Å²) >= 11 is 0. The van der Waals surface area contributed by atoms with Crippen LogP contribution in [0.5, 0.6) is 11.6 Å². The van der Waals surface area contributed by atoms with Crippen molar-refractivity contribution in [3.8, 4) is 23.0 Å². The van der Waals surface area contributed by atoms with Gasteiger partial charge in [-0.15, -0.1) is 10.2 Å². The predicted molar refractivity (Wildman–Crippen MR) is 104 cm³/mol. The Morgan fingerprint density at radius 3 is 2.42 bits per heavy atom. The topological polar surface area (TPSA) is 61.5 Å². The fourth-order valence-electron chi connectivity index (χ4n) is 8.62. The molecule has 31 heavy (non-hydrogen) atoms. The number of aromatic nitrogens is 4. The number of rotatable bonds is 8. The van der Waals surface area contributed by atoms with Crippen molar-refractivity contribution in [2.24, 2.45) is 46.8 Å². The van der Waals surface area contributed by atoms with Crippen molar-refractivity contribution in [1.29, 1.82) is 0 Å². The van der Waals surface area contributed by atoms with E-state index in [0.717, 1.165) is 53.4 Å². The molecule has 0 aliphatic heterocycles. The number of halogens is 2. The number of alkyl halides is 2. The second-order valence-electron chi connectivity index (χ2n) is 9.82. The monoisotopic (exact) mass is 422 g/mol. The maximum absolute atomic E-state index is 12.4. The van der Waals surface area contributed by atoms with Crippen LogP contribution in [0, 0.1) is 46.8 Å². The molecule has 0 radical (unpaired) electrons. The van der Waals surface area contributed by atoms with Crippen LogP contribution in [0.3, 0.4) is 0 Å². The van der Waals surface area contributed by atoms with Gasteiger partial charge in [-0.1, -0.05) is 0 Å². The number of hydrogen-bond donors (Lipinski definition) is 0. The first-order chi connectivity index (χ1) is 15.2. The molecule has 2 aromatic heterocycles. The molecule has 0 atom stereocenters. The molecule has 6 aliphatic carbocycles. The Labute approximate surface area is 176 Å². The van der Waals surface area contributed by atoms with E-state index < -0.39 is 6.61 Å². The van der Waals surface area contributed by atoms with Crippen LogP contribution in [0.1, 0.15) is 12.8 Å². The van der Waals surface area contributed by atoms with Gasteiger partial charge in [0.15, 0.2) is 11.5 Å². The van der Waals surface area contributed by atoms with Gasteiger partial charge >= 0.3 is 6.61 Å². The first kappa shape index (κ1) is 16.9. The zero-order valence-electron chi connectivity index (χ0n) is 16.6. The number of hydrogen-bond acceptors (Lipinski definition) is 5. The second-order valence-corrected chi connectivity index (χ2v) is 9.82. The van der Waals surface area contributed by atoms with E-state index in [-0.39, 0.29) is 5.75 Å². The summed E-state index contributed by atoms with van der Waals surface area (Å²) in [5.41, 5.74) is 2.03. The van der Waals surface area contributed by atoms with Gasteiger partial charge in [-0.25, -0.2) is 4.40 Å². The Hall–Kier alpha value is -2.77. The maximum atomic E-state index is 12.4. The molecule has 6 nitrogen and oxygen atoms in total. The second kappa shape index (κ2) is 5.34. The summed E-state index contributed by atoms with van der Waals surface area (Å²) in [6.45, 7) is -2.20. The third kappa shape index (κ3) is 1.73. The Morgan fingerprint density at radius 1 is 0.968 bits per heavy atom. The average Bonchev–Trinajstić information content (AvgIpc) is 3.22. The molecule has 6 saturated carbocycles. The number of benzene rings is 1. The molecule has 0 spiro atoms. The van der Waals surface area contributed by atoms with Gasteiger partial charge in [-0.05, 0) is 83.9 Å². The molecule has 0 bridgehead atoms. The zero-order valence-corrected chi connectivity index (χ0v) is 16.6. The van der Waals surface area contributed by atoms with Crippen LogP contribution in [0.4, 0.5) is 8.78 Å². The van der Waals surface area contributed by atoms with Gasteiger partial charge in [0, 0.05) is 5.56 Å². The minimum atomic E-state index is -2.85. The lowest BCUT2D eigenvalue weighted by atomic mass is 8.96. The first-order valence-electron chi connectivity index (χ1n) is 11.1. The van der Waals surface area contributed by atoms with E-state index in [1.807, 2.05) is 4.40 Å². The van der Waals surface area contributed by atoms with Crippen molar-refractivity contribution in [2.45, 2.75) is 19.5 Å². The maximum Gasteiger partial charge on any atom is 0.387 e. The van der Waals surface area contributed by atoms with Crippen molar-refractivity contribution in [3.05, 3.63) is 36.7 Å². The molecule has 0 amide bonds. The fraction of sp³-hybridized carbons (Fsp3) is 0.522. The summed E-state index contributed by atoms with van der Waals surface area (Å²) < 4.78 is 37.2. The third-order valence-electron chi connectivity index (χ3n) is 9.31. The molecular formula is C23H20F2N4O2. The van der Waals surface area contributed by atoms with E-state index in [1.54, 1.807) is 24.5 Å². The Morgan fingerprint density at radius 2 is 1.71 bits per heavy atom. The van der Waals surface area contributed by atoms with E-state index in [0.29, 0.717) is 29.4 Å². The number of ether oxygens (including phenoxy) is 2. The number of nitrogens with zero attached hydrogens (tertiary/aromatic N) is 4. The summed E-state index contributed by atoms with van der Waals surface area (Å²) in [6, 6.07) is 6.36. The average molecular weight is 422 g/mol. The van der Waals surface area contributed by atoms with Crippen LogP contribution in [0.25, 0.3) is 17.0 Å². The molecule has 6 aliphatic rings.